The summed E-state index contributed by atoms with van der Waals surface area (Å²) in [5.41, 5.74) is 0.341. The normalized spacial score (nSPS) is 20.4. The molecule has 0 spiro atoms. The number of aromatic nitrogens is 4. The minimum absolute atomic E-state index is 0.181. The first-order chi connectivity index (χ1) is 11.5. The molecule has 2 aromatic rings. The Balaban J connectivity index is 1.59. The van der Waals surface area contributed by atoms with E-state index in [0.29, 0.717) is 25.2 Å². The van der Waals surface area contributed by atoms with Gasteiger partial charge < -0.3 is 15.3 Å². The highest BCUT2D eigenvalue weighted by Crippen LogP contribution is 2.24. The molecule has 1 aliphatic rings. The highest BCUT2D eigenvalue weighted by molar-refractivity contribution is 5.92. The van der Waals surface area contributed by atoms with Gasteiger partial charge in [0.25, 0.3) is 5.91 Å². The second-order valence-corrected chi connectivity index (χ2v) is 6.13. The number of amides is 1. The molecule has 0 saturated carbocycles. The zero-order chi connectivity index (χ0) is 17.2. The number of aryl methyl sites for hydroxylation is 2. The molecule has 0 radical (unpaired) electrons. The van der Waals surface area contributed by atoms with Crippen LogP contribution < -0.4 is 10.2 Å². The van der Waals surface area contributed by atoms with Crippen molar-refractivity contribution in [3.63, 3.8) is 0 Å². The highest BCUT2D eigenvalue weighted by atomic mass is 16.3. The van der Waals surface area contributed by atoms with E-state index in [9.17, 15) is 9.90 Å². The van der Waals surface area contributed by atoms with Crippen molar-refractivity contribution in [1.82, 2.24) is 25.1 Å². The van der Waals surface area contributed by atoms with Crippen molar-refractivity contribution >= 4 is 11.7 Å². The molecule has 1 aliphatic heterocycles. The van der Waals surface area contributed by atoms with Crippen LogP contribution >= 0.6 is 0 Å². The van der Waals surface area contributed by atoms with Crippen LogP contribution in [0.25, 0.3) is 0 Å². The number of carbonyl (C=O) groups excluding carboxylic acids is 1. The second-order valence-electron chi connectivity index (χ2n) is 6.13. The van der Waals surface area contributed by atoms with E-state index in [4.69, 9.17) is 0 Å². The van der Waals surface area contributed by atoms with Gasteiger partial charge in [-0.1, -0.05) is 0 Å². The molecule has 24 heavy (non-hydrogen) atoms. The van der Waals surface area contributed by atoms with E-state index in [2.05, 4.69) is 20.4 Å². The third-order valence-electron chi connectivity index (χ3n) is 4.30. The Hall–Kier alpha value is -2.48. The molecule has 2 N–H and O–H groups in total. The summed E-state index contributed by atoms with van der Waals surface area (Å²) in [6.07, 6.45) is 5.47. The lowest BCUT2D eigenvalue weighted by atomic mass is 10.0. The van der Waals surface area contributed by atoms with Gasteiger partial charge in [0, 0.05) is 44.3 Å². The summed E-state index contributed by atoms with van der Waals surface area (Å²) in [4.78, 5) is 22.5. The van der Waals surface area contributed by atoms with E-state index in [1.807, 2.05) is 18.7 Å². The molecule has 2 aromatic heterocycles. The molecule has 1 atom stereocenters. The summed E-state index contributed by atoms with van der Waals surface area (Å²) in [5.74, 6) is 0.466. The maximum Gasteiger partial charge on any atom is 0.271 e. The van der Waals surface area contributed by atoms with Crippen LogP contribution in [0.2, 0.25) is 0 Å². The molecule has 1 unspecified atom stereocenters. The number of rotatable bonds is 5. The minimum atomic E-state index is -0.977. The van der Waals surface area contributed by atoms with Crippen molar-refractivity contribution in [1.29, 1.82) is 0 Å². The van der Waals surface area contributed by atoms with Crippen molar-refractivity contribution in [2.45, 2.75) is 32.4 Å². The Bertz CT molecular complexity index is 717. The largest absolute Gasteiger partial charge is 0.386 e. The van der Waals surface area contributed by atoms with Crippen LogP contribution in [0.4, 0.5) is 5.82 Å². The first kappa shape index (κ1) is 16.4. The van der Waals surface area contributed by atoms with Crippen LogP contribution in [0.1, 0.15) is 29.5 Å². The molecule has 0 bridgehead atoms. The quantitative estimate of drug-likeness (QED) is 0.822. The predicted molar refractivity (Wildman–Crippen MR) is 88.8 cm³/mol. The van der Waals surface area contributed by atoms with Gasteiger partial charge in [0.05, 0.1) is 6.20 Å². The lowest BCUT2D eigenvalue weighted by molar-refractivity contribution is 0.0574. The zero-order valence-electron chi connectivity index (χ0n) is 13.9. The first-order valence-electron chi connectivity index (χ1n) is 8.07. The van der Waals surface area contributed by atoms with Gasteiger partial charge in [-0.25, -0.2) is 4.98 Å². The summed E-state index contributed by atoms with van der Waals surface area (Å²) < 4.78 is 1.77. The van der Waals surface area contributed by atoms with E-state index in [-0.39, 0.29) is 12.5 Å². The molecule has 1 fully saturated rings. The van der Waals surface area contributed by atoms with E-state index in [1.165, 1.54) is 0 Å². The molecule has 3 heterocycles. The van der Waals surface area contributed by atoms with Gasteiger partial charge in [-0.15, -0.1) is 0 Å². The predicted octanol–water partition coefficient (Wildman–Crippen LogP) is 0.373. The molecular weight excluding hydrogens is 308 g/mol. The van der Waals surface area contributed by atoms with Gasteiger partial charge >= 0.3 is 0 Å². The van der Waals surface area contributed by atoms with E-state index in [1.54, 1.807) is 29.3 Å². The number of nitrogens with one attached hydrogen (secondary N) is 1. The molecule has 8 heteroatoms. The number of carbonyl (C=O) groups is 1. The lowest BCUT2D eigenvalue weighted by Gasteiger charge is -2.23. The van der Waals surface area contributed by atoms with Gasteiger partial charge in [0.1, 0.15) is 17.1 Å². The van der Waals surface area contributed by atoms with Crippen LogP contribution in [-0.2, 0) is 6.54 Å². The van der Waals surface area contributed by atoms with Gasteiger partial charge in [0.2, 0.25) is 0 Å². The number of hydrogen-bond acceptors (Lipinski definition) is 6. The highest BCUT2D eigenvalue weighted by Gasteiger charge is 2.37. The van der Waals surface area contributed by atoms with Crippen LogP contribution in [0.3, 0.4) is 0 Å². The van der Waals surface area contributed by atoms with Crippen molar-refractivity contribution in [2.24, 2.45) is 0 Å². The van der Waals surface area contributed by atoms with E-state index in [0.717, 1.165) is 18.1 Å². The van der Waals surface area contributed by atoms with E-state index >= 15 is 0 Å². The van der Waals surface area contributed by atoms with E-state index < -0.39 is 5.60 Å². The van der Waals surface area contributed by atoms with Crippen molar-refractivity contribution in [3.8, 4) is 0 Å². The first-order valence-corrected chi connectivity index (χ1v) is 8.07. The summed E-state index contributed by atoms with van der Waals surface area (Å²) in [7, 11) is 0. The number of β-amino-alcohol motifs (C(OH)–C–C–N with tert-alkyl or cyclic N) is 1. The Morgan fingerprint density at radius 2 is 2.29 bits per heavy atom. The number of nitrogens with zero attached hydrogens (tertiary/aromatic N) is 5. The van der Waals surface area contributed by atoms with Crippen molar-refractivity contribution in [2.75, 3.05) is 24.5 Å². The van der Waals surface area contributed by atoms with Crippen molar-refractivity contribution < 1.29 is 9.90 Å². The SMILES string of the molecule is CCn1nc(C(=O)NCC2(O)CCN(c3cnccn3)C2)cc1C. The monoisotopic (exact) mass is 330 g/mol. The van der Waals surface area contributed by atoms with Gasteiger partial charge in [0.15, 0.2) is 0 Å². The zero-order valence-corrected chi connectivity index (χ0v) is 13.9. The fourth-order valence-corrected chi connectivity index (χ4v) is 2.93. The fourth-order valence-electron chi connectivity index (χ4n) is 2.93. The maximum atomic E-state index is 12.2. The fraction of sp³-hybridized carbons (Fsp3) is 0.500. The molecule has 1 saturated heterocycles. The molecule has 128 valence electrons. The van der Waals surface area contributed by atoms with Gasteiger partial charge in [-0.2, -0.15) is 5.10 Å². The third-order valence-corrected chi connectivity index (χ3v) is 4.30. The van der Waals surface area contributed by atoms with Crippen LogP contribution in [0.5, 0.6) is 0 Å². The summed E-state index contributed by atoms with van der Waals surface area (Å²) in [6.45, 7) is 5.88. The standard InChI is InChI=1S/C16H22N6O2/c1-3-22-12(2)8-13(20-22)15(23)19-10-16(24)4-7-21(11-16)14-9-17-5-6-18-14/h5-6,8-9,24H,3-4,7,10-11H2,1-2H3,(H,19,23). The Labute approximate surface area is 140 Å². The molecule has 1 amide bonds. The van der Waals surface area contributed by atoms with Crippen LogP contribution in [-0.4, -0.2) is 56.0 Å². The lowest BCUT2D eigenvalue weighted by Crippen LogP contribution is -2.45. The molecule has 8 nitrogen and oxygen atoms in total. The topological polar surface area (TPSA) is 96.2 Å². The minimum Gasteiger partial charge on any atom is -0.386 e. The van der Waals surface area contributed by atoms with Crippen molar-refractivity contribution in [3.05, 3.63) is 36.0 Å². The smallest absolute Gasteiger partial charge is 0.271 e. The van der Waals surface area contributed by atoms with Crippen LogP contribution in [0, 0.1) is 6.92 Å². The average molecular weight is 330 g/mol. The molecule has 0 aliphatic carbocycles. The molecule has 3 rings (SSSR count). The summed E-state index contributed by atoms with van der Waals surface area (Å²) in [6, 6.07) is 1.75. The maximum absolute atomic E-state index is 12.2. The Kier molecular flexibility index (Phi) is 4.48. The number of aliphatic hydroxyl groups is 1. The van der Waals surface area contributed by atoms with Gasteiger partial charge in [-0.05, 0) is 26.3 Å². The third kappa shape index (κ3) is 3.38. The Morgan fingerprint density at radius 1 is 1.46 bits per heavy atom. The number of anilines is 1. The Morgan fingerprint density at radius 3 is 2.96 bits per heavy atom. The molecule has 0 aromatic carbocycles. The summed E-state index contributed by atoms with van der Waals surface area (Å²) in [5, 5.41) is 17.7. The average Bonchev–Trinajstić information content (AvgIpc) is 3.17. The summed E-state index contributed by atoms with van der Waals surface area (Å²) >= 11 is 0. The number of hydrogen-bond donors (Lipinski definition) is 2. The van der Waals surface area contributed by atoms with Gasteiger partial charge in [-0.3, -0.25) is 14.5 Å². The second kappa shape index (κ2) is 6.56. The van der Waals surface area contributed by atoms with Crippen LogP contribution in [0.15, 0.2) is 24.7 Å². The molecular formula is C16H22N6O2.